The topological polar surface area (TPSA) is 48.5 Å². The maximum absolute atomic E-state index is 12.1. The number of aryl methyl sites for hydroxylation is 1. The van der Waals surface area contributed by atoms with E-state index in [9.17, 15) is 4.79 Å². The molecule has 120 valence electrons. The van der Waals surface area contributed by atoms with Crippen LogP contribution in [0.3, 0.4) is 0 Å². The van der Waals surface area contributed by atoms with Crippen molar-refractivity contribution >= 4 is 17.4 Å². The summed E-state index contributed by atoms with van der Waals surface area (Å²) in [4.78, 5) is 21.0. The number of hydrogen-bond acceptors (Lipinski definition) is 4. The van der Waals surface area contributed by atoms with Crippen LogP contribution in [0.2, 0.25) is 0 Å². The Morgan fingerprint density at radius 1 is 1.09 bits per heavy atom. The highest BCUT2D eigenvalue weighted by molar-refractivity contribution is 5.92. The van der Waals surface area contributed by atoms with Crippen LogP contribution < -0.4 is 10.2 Å². The Bertz CT molecular complexity index is 634. The third kappa shape index (κ3) is 4.29. The Morgan fingerprint density at radius 2 is 1.83 bits per heavy atom. The van der Waals surface area contributed by atoms with Crippen LogP contribution in [-0.2, 0) is 4.79 Å². The van der Waals surface area contributed by atoms with Crippen molar-refractivity contribution in [2.75, 3.05) is 42.9 Å². The quantitative estimate of drug-likeness (QED) is 0.940. The molecule has 5 heteroatoms. The van der Waals surface area contributed by atoms with Gasteiger partial charge in [-0.25, -0.2) is 4.98 Å². The zero-order valence-corrected chi connectivity index (χ0v) is 13.4. The number of nitrogens with zero attached hydrogens (tertiary/aromatic N) is 3. The fourth-order valence-corrected chi connectivity index (χ4v) is 2.72. The summed E-state index contributed by atoms with van der Waals surface area (Å²) in [5, 5.41) is 2.95. The van der Waals surface area contributed by atoms with Crippen molar-refractivity contribution in [1.29, 1.82) is 0 Å². The molecule has 1 fully saturated rings. The van der Waals surface area contributed by atoms with Gasteiger partial charge in [0.2, 0.25) is 5.91 Å². The van der Waals surface area contributed by atoms with Gasteiger partial charge >= 0.3 is 0 Å². The van der Waals surface area contributed by atoms with Crippen LogP contribution in [0.5, 0.6) is 0 Å². The minimum atomic E-state index is 0.0418. The van der Waals surface area contributed by atoms with Crippen molar-refractivity contribution in [1.82, 2.24) is 9.88 Å². The second-order valence-electron chi connectivity index (χ2n) is 5.87. The molecule has 0 spiro atoms. The minimum Gasteiger partial charge on any atom is -0.354 e. The average molecular weight is 310 g/mol. The molecule has 0 bridgehead atoms. The van der Waals surface area contributed by atoms with E-state index >= 15 is 0 Å². The molecule has 3 rings (SSSR count). The van der Waals surface area contributed by atoms with E-state index in [2.05, 4.69) is 20.1 Å². The van der Waals surface area contributed by atoms with E-state index in [4.69, 9.17) is 0 Å². The Balaban J connectivity index is 1.47. The number of hydrogen-bond donors (Lipinski definition) is 1. The van der Waals surface area contributed by atoms with Crippen LogP contribution in [0.4, 0.5) is 11.5 Å². The summed E-state index contributed by atoms with van der Waals surface area (Å²) in [5.41, 5.74) is 2.04. The van der Waals surface area contributed by atoms with E-state index in [0.29, 0.717) is 6.54 Å². The van der Waals surface area contributed by atoms with E-state index in [1.807, 2.05) is 55.6 Å². The molecule has 2 heterocycles. The lowest BCUT2D eigenvalue weighted by Crippen LogP contribution is -2.48. The van der Waals surface area contributed by atoms with Gasteiger partial charge in [0, 0.05) is 38.1 Å². The number of rotatable bonds is 4. The summed E-state index contributed by atoms with van der Waals surface area (Å²) in [7, 11) is 0. The number of aromatic nitrogens is 1. The molecule has 2 aromatic rings. The van der Waals surface area contributed by atoms with Crippen molar-refractivity contribution in [2.45, 2.75) is 6.92 Å². The van der Waals surface area contributed by atoms with Crippen molar-refractivity contribution in [3.8, 4) is 0 Å². The summed E-state index contributed by atoms with van der Waals surface area (Å²) in [5.74, 6) is 1.05. The largest absolute Gasteiger partial charge is 0.354 e. The SMILES string of the molecule is Cc1ccc(NC(=O)CN2CCN(c3ccccn3)CC2)cc1. The molecule has 0 unspecified atom stereocenters. The maximum Gasteiger partial charge on any atom is 0.238 e. The zero-order valence-electron chi connectivity index (χ0n) is 13.4. The average Bonchev–Trinajstić information content (AvgIpc) is 2.58. The lowest BCUT2D eigenvalue weighted by molar-refractivity contribution is -0.117. The molecule has 1 aromatic heterocycles. The normalized spacial score (nSPS) is 15.4. The first-order valence-electron chi connectivity index (χ1n) is 7.95. The van der Waals surface area contributed by atoms with E-state index < -0.39 is 0 Å². The van der Waals surface area contributed by atoms with E-state index in [-0.39, 0.29) is 5.91 Å². The van der Waals surface area contributed by atoms with E-state index in [1.165, 1.54) is 5.56 Å². The van der Waals surface area contributed by atoms with E-state index in [0.717, 1.165) is 37.7 Å². The number of amides is 1. The first-order valence-corrected chi connectivity index (χ1v) is 7.95. The van der Waals surface area contributed by atoms with Gasteiger partial charge in [-0.05, 0) is 31.2 Å². The summed E-state index contributed by atoms with van der Waals surface area (Å²) < 4.78 is 0. The Labute approximate surface area is 136 Å². The van der Waals surface area contributed by atoms with Gasteiger partial charge in [-0.2, -0.15) is 0 Å². The molecule has 0 saturated carbocycles. The maximum atomic E-state index is 12.1. The Morgan fingerprint density at radius 3 is 2.48 bits per heavy atom. The second-order valence-corrected chi connectivity index (χ2v) is 5.87. The molecule has 23 heavy (non-hydrogen) atoms. The van der Waals surface area contributed by atoms with Gasteiger partial charge in [0.15, 0.2) is 0 Å². The molecular formula is C18H22N4O. The van der Waals surface area contributed by atoms with Gasteiger partial charge in [-0.1, -0.05) is 23.8 Å². The predicted octanol–water partition coefficient (Wildman–Crippen LogP) is 2.15. The van der Waals surface area contributed by atoms with E-state index in [1.54, 1.807) is 0 Å². The molecule has 0 radical (unpaired) electrons. The van der Waals surface area contributed by atoms with Gasteiger partial charge in [0.25, 0.3) is 0 Å². The van der Waals surface area contributed by atoms with Gasteiger partial charge in [0.1, 0.15) is 5.82 Å². The molecular weight excluding hydrogens is 288 g/mol. The number of piperazine rings is 1. The lowest BCUT2D eigenvalue weighted by atomic mass is 10.2. The molecule has 1 saturated heterocycles. The van der Waals surface area contributed by atoms with Crippen molar-refractivity contribution in [2.24, 2.45) is 0 Å². The standard InChI is InChI=1S/C18H22N4O/c1-15-5-7-16(8-6-15)20-18(23)14-21-10-12-22(13-11-21)17-4-2-3-9-19-17/h2-9H,10-14H2,1H3,(H,20,23). The second kappa shape index (κ2) is 7.24. The molecule has 0 atom stereocenters. The highest BCUT2D eigenvalue weighted by atomic mass is 16.2. The summed E-state index contributed by atoms with van der Waals surface area (Å²) >= 11 is 0. The van der Waals surface area contributed by atoms with Gasteiger partial charge in [-0.3, -0.25) is 9.69 Å². The lowest BCUT2D eigenvalue weighted by Gasteiger charge is -2.34. The minimum absolute atomic E-state index is 0.0418. The summed E-state index contributed by atoms with van der Waals surface area (Å²) in [6, 6.07) is 13.8. The monoisotopic (exact) mass is 310 g/mol. The molecule has 1 amide bonds. The number of benzene rings is 1. The predicted molar refractivity (Wildman–Crippen MR) is 92.7 cm³/mol. The number of carbonyl (C=O) groups excluding carboxylic acids is 1. The molecule has 1 N–H and O–H groups in total. The van der Waals surface area contributed by atoms with Crippen molar-refractivity contribution < 1.29 is 4.79 Å². The van der Waals surface area contributed by atoms with Gasteiger partial charge in [-0.15, -0.1) is 0 Å². The Kier molecular flexibility index (Phi) is 4.88. The third-order valence-electron chi connectivity index (χ3n) is 4.05. The highest BCUT2D eigenvalue weighted by Crippen LogP contribution is 2.13. The molecule has 5 nitrogen and oxygen atoms in total. The molecule has 1 aromatic carbocycles. The van der Waals surface area contributed by atoms with Crippen LogP contribution >= 0.6 is 0 Å². The zero-order chi connectivity index (χ0) is 16.1. The number of pyridine rings is 1. The molecule has 1 aliphatic rings. The summed E-state index contributed by atoms with van der Waals surface area (Å²) in [6.45, 7) is 6.01. The number of anilines is 2. The number of carbonyl (C=O) groups is 1. The smallest absolute Gasteiger partial charge is 0.238 e. The van der Waals surface area contributed by atoms with Gasteiger partial charge in [0.05, 0.1) is 6.54 Å². The van der Waals surface area contributed by atoms with Gasteiger partial charge < -0.3 is 10.2 Å². The third-order valence-corrected chi connectivity index (χ3v) is 4.05. The summed E-state index contributed by atoms with van der Waals surface area (Å²) in [6.07, 6.45) is 1.82. The van der Waals surface area contributed by atoms with Crippen molar-refractivity contribution in [3.05, 3.63) is 54.2 Å². The fraction of sp³-hybridized carbons (Fsp3) is 0.333. The van der Waals surface area contributed by atoms with Crippen molar-refractivity contribution in [3.63, 3.8) is 0 Å². The molecule has 0 aliphatic carbocycles. The number of nitrogens with one attached hydrogen (secondary N) is 1. The Hall–Kier alpha value is -2.40. The first kappa shape index (κ1) is 15.5. The van der Waals surface area contributed by atoms with Crippen LogP contribution in [0.25, 0.3) is 0 Å². The fourth-order valence-electron chi connectivity index (χ4n) is 2.72. The van der Waals surface area contributed by atoms with Crippen LogP contribution in [0.1, 0.15) is 5.56 Å². The molecule has 1 aliphatic heterocycles. The van der Waals surface area contributed by atoms with Crippen LogP contribution in [-0.4, -0.2) is 48.5 Å². The van der Waals surface area contributed by atoms with Crippen LogP contribution in [0, 0.1) is 6.92 Å². The van der Waals surface area contributed by atoms with Crippen LogP contribution in [0.15, 0.2) is 48.7 Å². The first-order chi connectivity index (χ1) is 11.2. The highest BCUT2D eigenvalue weighted by Gasteiger charge is 2.19.